The van der Waals surface area contributed by atoms with E-state index in [1.165, 1.54) is 16.3 Å². The average Bonchev–Trinajstić information content (AvgIpc) is 3.63. The predicted molar refractivity (Wildman–Crippen MR) is 119 cm³/mol. The van der Waals surface area contributed by atoms with Crippen molar-refractivity contribution in [2.45, 2.75) is 12.8 Å². The van der Waals surface area contributed by atoms with Crippen molar-refractivity contribution < 1.29 is 4.79 Å². The highest BCUT2D eigenvalue weighted by Crippen LogP contribution is 2.32. The Labute approximate surface area is 171 Å². The summed E-state index contributed by atoms with van der Waals surface area (Å²) in [6.07, 6.45) is 8.39. The van der Waals surface area contributed by atoms with Gasteiger partial charge in [0.1, 0.15) is 5.82 Å². The van der Waals surface area contributed by atoms with Crippen LogP contribution in [0, 0.1) is 5.92 Å². The fraction of sp³-hybridized carbons (Fsp3) is 0.280. The Bertz CT molecular complexity index is 1050. The minimum atomic E-state index is 0.302. The zero-order valence-corrected chi connectivity index (χ0v) is 16.5. The van der Waals surface area contributed by atoms with Gasteiger partial charge in [0.2, 0.25) is 5.91 Å². The second-order valence-electron chi connectivity index (χ2n) is 7.91. The summed E-state index contributed by atoms with van der Waals surface area (Å²) in [5.41, 5.74) is 2.30. The van der Waals surface area contributed by atoms with Crippen LogP contribution in [0.5, 0.6) is 0 Å². The van der Waals surface area contributed by atoms with Gasteiger partial charge < -0.3 is 9.80 Å². The maximum absolute atomic E-state index is 12.3. The van der Waals surface area contributed by atoms with Crippen LogP contribution < -0.4 is 4.90 Å². The van der Waals surface area contributed by atoms with Gasteiger partial charge in [0.25, 0.3) is 0 Å². The van der Waals surface area contributed by atoms with Crippen LogP contribution in [-0.4, -0.2) is 42.0 Å². The van der Waals surface area contributed by atoms with E-state index in [0.717, 1.165) is 50.4 Å². The van der Waals surface area contributed by atoms with Crippen LogP contribution in [0.3, 0.4) is 0 Å². The van der Waals surface area contributed by atoms with E-state index in [9.17, 15) is 4.79 Å². The quantitative estimate of drug-likeness (QED) is 0.667. The van der Waals surface area contributed by atoms with Crippen molar-refractivity contribution in [3.05, 3.63) is 71.9 Å². The van der Waals surface area contributed by atoms with E-state index >= 15 is 0 Å². The molecule has 4 heteroatoms. The molecule has 1 aliphatic carbocycles. The van der Waals surface area contributed by atoms with Gasteiger partial charge in [0.05, 0.1) is 0 Å². The summed E-state index contributed by atoms with van der Waals surface area (Å²) in [7, 11) is 0. The number of aromatic nitrogens is 1. The fourth-order valence-electron chi connectivity index (χ4n) is 4.06. The first-order valence-corrected chi connectivity index (χ1v) is 10.4. The predicted octanol–water partition coefficient (Wildman–Crippen LogP) is 4.46. The molecule has 2 aromatic carbocycles. The molecule has 0 bridgehead atoms. The third-order valence-corrected chi connectivity index (χ3v) is 5.88. The summed E-state index contributed by atoms with van der Waals surface area (Å²) in [4.78, 5) is 21.5. The van der Waals surface area contributed by atoms with E-state index in [4.69, 9.17) is 4.98 Å². The Balaban J connectivity index is 1.39. The van der Waals surface area contributed by atoms with Crippen molar-refractivity contribution in [1.82, 2.24) is 9.88 Å². The van der Waals surface area contributed by atoms with E-state index in [1.807, 2.05) is 29.3 Å². The number of fused-ring (bicyclic) bond motifs is 1. The van der Waals surface area contributed by atoms with Gasteiger partial charge in [-0.05, 0) is 23.8 Å². The van der Waals surface area contributed by atoms with Gasteiger partial charge in [-0.2, -0.15) is 0 Å². The number of anilines is 1. The number of nitrogens with zero attached hydrogens (tertiary/aromatic N) is 3. The lowest BCUT2D eigenvalue weighted by atomic mass is 10.0. The number of hydrogen-bond donors (Lipinski definition) is 0. The summed E-state index contributed by atoms with van der Waals surface area (Å²) in [6, 6.07) is 18.8. The molecule has 29 heavy (non-hydrogen) atoms. The second-order valence-corrected chi connectivity index (χ2v) is 7.91. The summed E-state index contributed by atoms with van der Waals surface area (Å²) in [5.74, 6) is 1.68. The number of benzene rings is 2. The first-order chi connectivity index (χ1) is 14.3. The fourth-order valence-corrected chi connectivity index (χ4v) is 4.06. The van der Waals surface area contributed by atoms with Crippen LogP contribution in [-0.2, 0) is 4.79 Å². The van der Waals surface area contributed by atoms with Crippen molar-refractivity contribution in [1.29, 1.82) is 0 Å². The lowest BCUT2D eigenvalue weighted by molar-refractivity contribution is -0.132. The summed E-state index contributed by atoms with van der Waals surface area (Å²) in [6.45, 7) is 3.27. The molecular formula is C25H25N3O. The largest absolute Gasteiger partial charge is 0.353 e. The van der Waals surface area contributed by atoms with Gasteiger partial charge in [-0.15, -0.1) is 0 Å². The molecule has 146 valence electrons. The lowest BCUT2D eigenvalue weighted by Gasteiger charge is -2.36. The van der Waals surface area contributed by atoms with E-state index in [2.05, 4.69) is 53.5 Å². The smallest absolute Gasteiger partial charge is 0.225 e. The van der Waals surface area contributed by atoms with Crippen LogP contribution in [0.2, 0.25) is 0 Å². The van der Waals surface area contributed by atoms with Crippen molar-refractivity contribution in [2.24, 2.45) is 5.92 Å². The molecule has 1 amide bonds. The Kier molecular flexibility index (Phi) is 4.76. The number of hydrogen-bond acceptors (Lipinski definition) is 3. The number of carbonyl (C=O) groups excluding carboxylic acids is 1. The molecule has 3 aromatic rings. The number of rotatable bonds is 4. The Morgan fingerprint density at radius 3 is 2.28 bits per heavy atom. The molecule has 5 rings (SSSR count). The summed E-state index contributed by atoms with van der Waals surface area (Å²) in [5, 5.41) is 2.38. The van der Waals surface area contributed by atoms with E-state index in [0.29, 0.717) is 11.8 Å². The van der Waals surface area contributed by atoms with Gasteiger partial charge in [-0.3, -0.25) is 4.79 Å². The molecule has 0 N–H and O–H groups in total. The molecule has 2 fully saturated rings. The molecule has 1 aromatic heterocycles. The zero-order valence-electron chi connectivity index (χ0n) is 16.5. The average molecular weight is 383 g/mol. The highest BCUT2D eigenvalue weighted by atomic mass is 16.2. The maximum Gasteiger partial charge on any atom is 0.225 e. The molecule has 4 nitrogen and oxygen atoms in total. The normalized spacial score (nSPS) is 17.2. The van der Waals surface area contributed by atoms with Gasteiger partial charge in [-0.25, -0.2) is 4.98 Å². The van der Waals surface area contributed by atoms with Crippen molar-refractivity contribution in [3.63, 3.8) is 0 Å². The van der Waals surface area contributed by atoms with E-state index < -0.39 is 0 Å². The Morgan fingerprint density at radius 2 is 1.55 bits per heavy atom. The highest BCUT2D eigenvalue weighted by Gasteiger charge is 2.34. The molecular weight excluding hydrogens is 358 g/mol. The minimum absolute atomic E-state index is 0.302. The molecule has 0 atom stereocenters. The van der Waals surface area contributed by atoms with Crippen LogP contribution in [0.1, 0.15) is 24.0 Å². The monoisotopic (exact) mass is 383 g/mol. The first kappa shape index (κ1) is 17.9. The number of pyridine rings is 1. The zero-order chi connectivity index (χ0) is 19.6. The van der Waals surface area contributed by atoms with Crippen molar-refractivity contribution in [3.8, 4) is 0 Å². The number of carbonyl (C=O) groups is 1. The van der Waals surface area contributed by atoms with Crippen LogP contribution in [0.4, 0.5) is 5.82 Å². The first-order valence-electron chi connectivity index (χ1n) is 10.4. The molecule has 0 unspecified atom stereocenters. The van der Waals surface area contributed by atoms with E-state index in [1.54, 1.807) is 0 Å². The topological polar surface area (TPSA) is 36.4 Å². The Hall–Kier alpha value is -3.14. The van der Waals surface area contributed by atoms with Crippen molar-refractivity contribution in [2.75, 3.05) is 31.1 Å². The molecule has 0 spiro atoms. The minimum Gasteiger partial charge on any atom is -0.353 e. The third kappa shape index (κ3) is 3.75. The van der Waals surface area contributed by atoms with Crippen molar-refractivity contribution >= 4 is 34.6 Å². The van der Waals surface area contributed by atoms with Crippen LogP contribution in [0.25, 0.3) is 22.9 Å². The molecule has 2 aliphatic rings. The molecule has 1 saturated heterocycles. The SMILES string of the molecule is O=C(C1CC1)N1CCN(c2ncc(/C=C/c3ccccc3)c3ccccc23)CC1. The molecule has 0 radical (unpaired) electrons. The van der Waals surface area contributed by atoms with Gasteiger partial charge in [0.15, 0.2) is 0 Å². The van der Waals surface area contributed by atoms with Gasteiger partial charge >= 0.3 is 0 Å². The van der Waals surface area contributed by atoms with Gasteiger partial charge in [-0.1, -0.05) is 66.7 Å². The summed E-state index contributed by atoms with van der Waals surface area (Å²) >= 11 is 0. The van der Waals surface area contributed by atoms with Crippen LogP contribution in [0.15, 0.2) is 60.8 Å². The van der Waals surface area contributed by atoms with Crippen LogP contribution >= 0.6 is 0 Å². The lowest BCUT2D eigenvalue weighted by Crippen LogP contribution is -2.49. The van der Waals surface area contributed by atoms with Gasteiger partial charge in [0, 0.05) is 49.2 Å². The standard InChI is InChI=1S/C25H25N3O/c29-25(20-12-13-20)28-16-14-27(15-17-28)24-23-9-5-4-8-22(23)21(18-26-24)11-10-19-6-2-1-3-7-19/h1-11,18,20H,12-17H2/b11-10+. The molecule has 2 heterocycles. The number of piperazine rings is 1. The Morgan fingerprint density at radius 1 is 0.862 bits per heavy atom. The van der Waals surface area contributed by atoms with E-state index in [-0.39, 0.29) is 0 Å². The maximum atomic E-state index is 12.3. The second kappa shape index (κ2) is 7.70. The number of amides is 1. The summed E-state index contributed by atoms with van der Waals surface area (Å²) < 4.78 is 0. The highest BCUT2D eigenvalue weighted by molar-refractivity contribution is 5.98. The third-order valence-electron chi connectivity index (χ3n) is 5.88. The molecule has 1 saturated carbocycles. The molecule has 1 aliphatic heterocycles.